The highest BCUT2D eigenvalue weighted by Gasteiger charge is 2.51. The highest BCUT2D eigenvalue weighted by atomic mass is 35.5. The third kappa shape index (κ3) is 6.40. The second-order valence-electron chi connectivity index (χ2n) is 12.3. The van der Waals surface area contributed by atoms with Crippen molar-refractivity contribution in [2.75, 3.05) is 23.7 Å². The van der Waals surface area contributed by atoms with Gasteiger partial charge in [0.2, 0.25) is 21.8 Å². The molecule has 6 rings (SSSR count). The molecule has 0 saturated heterocycles. The molecule has 4 aliphatic carbocycles. The van der Waals surface area contributed by atoms with Crippen molar-refractivity contribution in [1.82, 2.24) is 10.2 Å². The summed E-state index contributed by atoms with van der Waals surface area (Å²) in [6.45, 7) is 3.40. The van der Waals surface area contributed by atoms with Crippen LogP contribution in [0.3, 0.4) is 0 Å². The van der Waals surface area contributed by atoms with Crippen LogP contribution in [-0.2, 0) is 31.6 Å². The van der Waals surface area contributed by atoms with Gasteiger partial charge in [-0.2, -0.15) is 0 Å². The molecule has 0 radical (unpaired) electrons. The van der Waals surface area contributed by atoms with E-state index in [1.54, 1.807) is 32.0 Å². The van der Waals surface area contributed by atoms with E-state index < -0.39 is 28.5 Å². The summed E-state index contributed by atoms with van der Waals surface area (Å²) < 4.78 is 27.1. The minimum Gasteiger partial charge on any atom is -0.355 e. The van der Waals surface area contributed by atoms with Crippen LogP contribution in [0.25, 0.3) is 0 Å². The number of carbonyl (C=O) groups is 2. The molecule has 0 aliphatic heterocycles. The van der Waals surface area contributed by atoms with Gasteiger partial charge in [0.1, 0.15) is 12.6 Å². The van der Waals surface area contributed by atoms with Crippen LogP contribution in [0.5, 0.6) is 0 Å². The van der Waals surface area contributed by atoms with E-state index in [4.69, 9.17) is 23.2 Å². The predicted octanol–water partition coefficient (Wildman–Crippen LogP) is 5.78. The molecule has 4 bridgehead atoms. The molecule has 2 amide bonds. The molecule has 0 unspecified atom stereocenters. The van der Waals surface area contributed by atoms with Crippen molar-refractivity contribution >= 4 is 50.7 Å². The van der Waals surface area contributed by atoms with E-state index in [0.29, 0.717) is 27.8 Å². The zero-order valence-corrected chi connectivity index (χ0v) is 26.2. The smallest absolute Gasteiger partial charge is 0.244 e. The Hall–Kier alpha value is -2.29. The van der Waals surface area contributed by atoms with Crippen LogP contribution in [0.15, 0.2) is 42.5 Å². The van der Waals surface area contributed by atoms with Crippen LogP contribution >= 0.6 is 23.2 Å². The molecule has 0 spiro atoms. The maximum Gasteiger partial charge on any atom is 0.244 e. The Morgan fingerprint density at radius 2 is 1.59 bits per heavy atom. The molecule has 2 aromatic carbocycles. The minimum atomic E-state index is -3.81. The van der Waals surface area contributed by atoms with E-state index in [-0.39, 0.29) is 17.9 Å². The van der Waals surface area contributed by atoms with Crippen LogP contribution < -0.4 is 9.62 Å². The lowest BCUT2D eigenvalue weighted by Crippen LogP contribution is -2.51. The summed E-state index contributed by atoms with van der Waals surface area (Å²) in [5, 5.41) is 3.56. The monoisotopic (exact) mass is 619 g/mol. The molecule has 4 aliphatic rings. The van der Waals surface area contributed by atoms with E-state index in [2.05, 4.69) is 17.4 Å². The van der Waals surface area contributed by atoms with E-state index in [1.807, 2.05) is 12.1 Å². The summed E-state index contributed by atoms with van der Waals surface area (Å²) in [6, 6.07) is 11.9. The quantitative estimate of drug-likeness (QED) is 0.365. The van der Waals surface area contributed by atoms with Crippen molar-refractivity contribution in [1.29, 1.82) is 0 Å². The maximum absolute atomic E-state index is 13.8. The molecule has 4 fully saturated rings. The average molecular weight is 621 g/mol. The van der Waals surface area contributed by atoms with Gasteiger partial charge < -0.3 is 10.2 Å². The first-order valence-corrected chi connectivity index (χ1v) is 17.1. The topological polar surface area (TPSA) is 86.8 Å². The Labute approximate surface area is 253 Å². The molecule has 222 valence electrons. The normalized spacial score (nSPS) is 25.5. The summed E-state index contributed by atoms with van der Waals surface area (Å²) in [6.07, 6.45) is 8.81. The first-order chi connectivity index (χ1) is 19.4. The van der Waals surface area contributed by atoms with Gasteiger partial charge in [0, 0.05) is 23.1 Å². The van der Waals surface area contributed by atoms with Gasteiger partial charge in [-0.05, 0) is 111 Å². The van der Waals surface area contributed by atoms with Crippen molar-refractivity contribution in [3.05, 3.63) is 63.6 Å². The summed E-state index contributed by atoms with van der Waals surface area (Å²) >= 11 is 12.4. The molecule has 4 saturated carbocycles. The lowest BCUT2D eigenvalue weighted by Gasteiger charge is -2.57. The fourth-order valence-corrected chi connectivity index (χ4v) is 9.12. The number of benzene rings is 2. The van der Waals surface area contributed by atoms with Gasteiger partial charge in [-0.15, -0.1) is 0 Å². The molecular weight excluding hydrogens is 581 g/mol. The van der Waals surface area contributed by atoms with Crippen LogP contribution in [0, 0.1) is 17.8 Å². The van der Waals surface area contributed by atoms with E-state index >= 15 is 0 Å². The van der Waals surface area contributed by atoms with Crippen molar-refractivity contribution in [3.63, 3.8) is 0 Å². The van der Waals surface area contributed by atoms with Crippen molar-refractivity contribution < 1.29 is 18.0 Å². The zero-order chi connectivity index (χ0) is 29.5. The van der Waals surface area contributed by atoms with Crippen LogP contribution in [0.4, 0.5) is 5.69 Å². The molecule has 0 aromatic heterocycles. The molecule has 1 atom stereocenters. The first kappa shape index (κ1) is 30.2. The SMILES string of the molecule is CCNC(=O)[C@H](C)N(Cc1ccc(Cl)cc1Cl)C(=O)CN(c1ccc(C23CC4CC(CC(C4)C2)C3)cc1)S(C)(=O)=O. The number of amides is 2. The maximum atomic E-state index is 13.8. The second kappa shape index (κ2) is 11.8. The Kier molecular flexibility index (Phi) is 8.66. The molecule has 41 heavy (non-hydrogen) atoms. The predicted molar refractivity (Wildman–Crippen MR) is 164 cm³/mol. The van der Waals surface area contributed by atoms with E-state index in [0.717, 1.165) is 28.3 Å². The number of likely N-dealkylation sites (N-methyl/N-ethyl adjacent to an activating group) is 1. The van der Waals surface area contributed by atoms with Crippen LogP contribution in [0.1, 0.15) is 63.5 Å². The highest BCUT2D eigenvalue weighted by molar-refractivity contribution is 7.92. The van der Waals surface area contributed by atoms with Gasteiger partial charge in [0.05, 0.1) is 11.9 Å². The Balaban J connectivity index is 1.40. The number of carbonyl (C=O) groups excluding carboxylic acids is 2. The molecule has 0 heterocycles. The number of nitrogens with zero attached hydrogens (tertiary/aromatic N) is 2. The fraction of sp³-hybridized carbons (Fsp3) is 0.548. The lowest BCUT2D eigenvalue weighted by molar-refractivity contribution is -0.139. The van der Waals surface area contributed by atoms with Gasteiger partial charge in [-0.3, -0.25) is 13.9 Å². The van der Waals surface area contributed by atoms with Gasteiger partial charge >= 0.3 is 0 Å². The number of nitrogens with one attached hydrogen (secondary N) is 1. The van der Waals surface area contributed by atoms with Gasteiger partial charge in [-0.1, -0.05) is 41.4 Å². The summed E-state index contributed by atoms with van der Waals surface area (Å²) in [7, 11) is -3.81. The van der Waals surface area contributed by atoms with Gasteiger partial charge in [0.15, 0.2) is 0 Å². The number of hydrogen-bond acceptors (Lipinski definition) is 4. The van der Waals surface area contributed by atoms with Crippen molar-refractivity contribution in [3.8, 4) is 0 Å². The minimum absolute atomic E-state index is 0.0235. The third-order valence-electron chi connectivity index (χ3n) is 9.36. The first-order valence-electron chi connectivity index (χ1n) is 14.5. The molecular formula is C31H39Cl2N3O4S. The zero-order valence-electron chi connectivity index (χ0n) is 23.9. The van der Waals surface area contributed by atoms with Crippen LogP contribution in [0.2, 0.25) is 10.0 Å². The van der Waals surface area contributed by atoms with Gasteiger partial charge in [0.25, 0.3) is 0 Å². The molecule has 10 heteroatoms. The van der Waals surface area contributed by atoms with Crippen molar-refractivity contribution in [2.45, 2.75) is 70.4 Å². The van der Waals surface area contributed by atoms with Gasteiger partial charge in [-0.25, -0.2) is 8.42 Å². The Morgan fingerprint density at radius 3 is 2.10 bits per heavy atom. The van der Waals surface area contributed by atoms with E-state index in [9.17, 15) is 18.0 Å². The number of hydrogen-bond donors (Lipinski definition) is 1. The summed E-state index contributed by atoms with van der Waals surface area (Å²) in [4.78, 5) is 27.9. The highest BCUT2D eigenvalue weighted by Crippen LogP contribution is 2.60. The summed E-state index contributed by atoms with van der Waals surface area (Å²) in [5.41, 5.74) is 2.51. The Bertz CT molecular complexity index is 1380. The number of rotatable bonds is 10. The van der Waals surface area contributed by atoms with Crippen molar-refractivity contribution in [2.24, 2.45) is 17.8 Å². The molecule has 7 nitrogen and oxygen atoms in total. The molecule has 1 N–H and O–H groups in total. The van der Waals surface area contributed by atoms with Crippen LogP contribution in [-0.4, -0.2) is 50.5 Å². The summed E-state index contributed by atoms with van der Waals surface area (Å²) in [5.74, 6) is 1.57. The standard InChI is InChI=1S/C31H39Cl2N3O4S/c1-4-34-30(38)20(2)35(18-24-5-8-26(32)14-28(24)33)29(37)19-36(41(3,39)40)27-9-6-25(7-10-27)31-15-21-11-22(16-31)13-23(12-21)17-31/h5-10,14,20-23H,4,11-13,15-19H2,1-3H3,(H,34,38)/t20-,21?,22?,23?,31?/m0/s1. The third-order valence-corrected chi connectivity index (χ3v) is 11.1. The molecule has 2 aromatic rings. The largest absolute Gasteiger partial charge is 0.355 e. The van der Waals surface area contributed by atoms with E-state index in [1.165, 1.54) is 49.0 Å². The lowest BCUT2D eigenvalue weighted by atomic mass is 9.48. The number of halogens is 2. The second-order valence-corrected chi connectivity index (χ2v) is 15.1. The fourth-order valence-electron chi connectivity index (χ4n) is 7.80. The number of sulfonamides is 1. The Morgan fingerprint density at radius 1 is 1.00 bits per heavy atom. The average Bonchev–Trinajstić information content (AvgIpc) is 2.89. The number of anilines is 1.